The Balaban J connectivity index is 2.62. The summed E-state index contributed by atoms with van der Waals surface area (Å²) in [6.07, 6.45) is 0.0806. The lowest BCUT2D eigenvalue weighted by Gasteiger charge is -2.10. The van der Waals surface area contributed by atoms with Crippen LogP contribution in [0.1, 0.15) is 23.2 Å². The third-order valence-corrected chi connectivity index (χ3v) is 2.80. The average Bonchev–Trinajstić information content (AvgIpc) is 2.42. The van der Waals surface area contributed by atoms with Crippen molar-refractivity contribution in [3.63, 3.8) is 0 Å². The van der Waals surface area contributed by atoms with E-state index in [1.807, 2.05) is 0 Å². The molecule has 0 spiro atoms. The second-order valence-electron chi connectivity index (χ2n) is 3.29. The molecule has 1 N–H and O–H groups in total. The SMILES string of the molecule is OCc1cc(Br)nc2c1CCC2(F)F. The summed E-state index contributed by atoms with van der Waals surface area (Å²) in [5, 5.41) is 9.00. The molecular formula is C9H8BrF2NO. The predicted octanol–water partition coefficient (Wildman–Crippen LogP) is 2.37. The first-order chi connectivity index (χ1) is 6.54. The van der Waals surface area contributed by atoms with Gasteiger partial charge in [-0.1, -0.05) is 0 Å². The van der Waals surface area contributed by atoms with Gasteiger partial charge in [0.25, 0.3) is 5.92 Å². The van der Waals surface area contributed by atoms with E-state index in [-0.39, 0.29) is 18.7 Å². The zero-order valence-corrected chi connectivity index (χ0v) is 8.81. The first-order valence-electron chi connectivity index (χ1n) is 4.22. The number of nitrogens with zero attached hydrogens (tertiary/aromatic N) is 1. The van der Waals surface area contributed by atoms with E-state index in [4.69, 9.17) is 5.11 Å². The van der Waals surface area contributed by atoms with Crippen LogP contribution in [0.15, 0.2) is 10.7 Å². The van der Waals surface area contributed by atoms with Gasteiger partial charge >= 0.3 is 0 Å². The third kappa shape index (κ3) is 1.44. The summed E-state index contributed by atoms with van der Waals surface area (Å²) in [5.74, 6) is -2.84. The summed E-state index contributed by atoms with van der Waals surface area (Å²) >= 11 is 3.05. The summed E-state index contributed by atoms with van der Waals surface area (Å²) in [7, 11) is 0. The van der Waals surface area contributed by atoms with E-state index in [1.165, 1.54) is 0 Å². The quantitative estimate of drug-likeness (QED) is 0.790. The van der Waals surface area contributed by atoms with Gasteiger partial charge in [-0.3, -0.25) is 0 Å². The highest BCUT2D eigenvalue weighted by Gasteiger charge is 2.42. The largest absolute Gasteiger partial charge is 0.392 e. The Bertz CT molecular complexity index is 381. The molecule has 0 bridgehead atoms. The van der Waals surface area contributed by atoms with E-state index in [9.17, 15) is 8.78 Å². The van der Waals surface area contributed by atoms with Gasteiger partial charge in [-0.25, -0.2) is 4.98 Å². The number of hydrogen-bond donors (Lipinski definition) is 1. The molecule has 2 rings (SSSR count). The van der Waals surface area contributed by atoms with Crippen molar-refractivity contribution in [2.75, 3.05) is 0 Å². The van der Waals surface area contributed by atoms with Crippen molar-refractivity contribution in [2.24, 2.45) is 0 Å². The number of hydrogen-bond acceptors (Lipinski definition) is 2. The zero-order chi connectivity index (χ0) is 10.3. The smallest absolute Gasteiger partial charge is 0.290 e. The van der Waals surface area contributed by atoms with Gasteiger partial charge in [0.1, 0.15) is 10.3 Å². The molecule has 0 aliphatic heterocycles. The highest BCUT2D eigenvalue weighted by atomic mass is 79.9. The molecule has 0 saturated heterocycles. The van der Waals surface area contributed by atoms with Crippen LogP contribution in [0.3, 0.4) is 0 Å². The van der Waals surface area contributed by atoms with Gasteiger partial charge in [-0.15, -0.1) is 0 Å². The molecule has 0 unspecified atom stereocenters. The topological polar surface area (TPSA) is 33.1 Å². The number of alkyl halides is 2. The molecule has 0 aromatic carbocycles. The number of halogens is 3. The standard InChI is InChI=1S/C9H8BrF2NO/c10-7-3-5(4-14)6-1-2-9(11,12)8(6)13-7/h3,14H,1-2,4H2. The van der Waals surface area contributed by atoms with Gasteiger partial charge in [-0.2, -0.15) is 8.78 Å². The van der Waals surface area contributed by atoms with Crippen LogP contribution in [0.25, 0.3) is 0 Å². The Hall–Kier alpha value is -0.550. The zero-order valence-electron chi connectivity index (χ0n) is 7.23. The van der Waals surface area contributed by atoms with Crippen LogP contribution in [-0.2, 0) is 19.0 Å². The van der Waals surface area contributed by atoms with Crippen LogP contribution in [-0.4, -0.2) is 10.1 Å². The molecule has 1 aromatic rings. The molecule has 0 amide bonds. The summed E-state index contributed by atoms with van der Waals surface area (Å²) < 4.78 is 26.9. The highest BCUT2D eigenvalue weighted by Crippen LogP contribution is 2.42. The van der Waals surface area contributed by atoms with E-state index in [0.717, 1.165) is 0 Å². The molecule has 0 saturated carbocycles. The maximum Gasteiger partial charge on any atom is 0.290 e. The lowest BCUT2D eigenvalue weighted by atomic mass is 10.1. The molecular weight excluding hydrogens is 256 g/mol. The van der Waals surface area contributed by atoms with E-state index in [2.05, 4.69) is 20.9 Å². The average molecular weight is 264 g/mol. The molecule has 0 atom stereocenters. The lowest BCUT2D eigenvalue weighted by Crippen LogP contribution is -2.10. The van der Waals surface area contributed by atoms with Crippen LogP contribution in [0, 0.1) is 0 Å². The number of aromatic nitrogens is 1. The minimum absolute atomic E-state index is 0.184. The second-order valence-corrected chi connectivity index (χ2v) is 4.11. The van der Waals surface area contributed by atoms with Gasteiger partial charge in [-0.05, 0) is 39.5 Å². The fraction of sp³-hybridized carbons (Fsp3) is 0.444. The van der Waals surface area contributed by atoms with Gasteiger partial charge in [0, 0.05) is 6.42 Å². The molecule has 1 aliphatic carbocycles. The van der Waals surface area contributed by atoms with Crippen LogP contribution in [0.4, 0.5) is 8.78 Å². The second kappa shape index (κ2) is 3.24. The Morgan fingerprint density at radius 1 is 1.57 bits per heavy atom. The first kappa shape index (κ1) is 9.98. The van der Waals surface area contributed by atoms with Gasteiger partial charge < -0.3 is 5.11 Å². The number of pyridine rings is 1. The maximum absolute atomic E-state index is 13.3. The Morgan fingerprint density at radius 3 is 2.93 bits per heavy atom. The van der Waals surface area contributed by atoms with Gasteiger partial charge in [0.2, 0.25) is 0 Å². The number of rotatable bonds is 1. The minimum atomic E-state index is -2.84. The highest BCUT2D eigenvalue weighted by molar-refractivity contribution is 9.10. The summed E-state index contributed by atoms with van der Waals surface area (Å²) in [6, 6.07) is 1.58. The van der Waals surface area contributed by atoms with Crippen molar-refractivity contribution in [3.8, 4) is 0 Å². The Morgan fingerprint density at radius 2 is 2.29 bits per heavy atom. The molecule has 14 heavy (non-hydrogen) atoms. The molecule has 1 aromatic heterocycles. The first-order valence-corrected chi connectivity index (χ1v) is 5.01. The van der Waals surface area contributed by atoms with Gasteiger partial charge in [0.15, 0.2) is 0 Å². The van der Waals surface area contributed by atoms with Crippen molar-refractivity contribution < 1.29 is 13.9 Å². The monoisotopic (exact) mass is 263 g/mol. The van der Waals surface area contributed by atoms with Crippen LogP contribution in [0.5, 0.6) is 0 Å². The molecule has 1 aliphatic rings. The summed E-state index contributed by atoms with van der Waals surface area (Å²) in [6.45, 7) is -0.223. The maximum atomic E-state index is 13.3. The van der Waals surface area contributed by atoms with Crippen LogP contribution >= 0.6 is 15.9 Å². The molecule has 0 fully saturated rings. The van der Waals surface area contributed by atoms with Crippen molar-refractivity contribution in [1.82, 2.24) is 4.98 Å². The molecule has 0 radical (unpaired) electrons. The normalized spacial score (nSPS) is 18.3. The Kier molecular flexibility index (Phi) is 2.31. The van der Waals surface area contributed by atoms with Crippen LogP contribution in [0.2, 0.25) is 0 Å². The summed E-state index contributed by atoms with van der Waals surface area (Å²) in [4.78, 5) is 3.77. The molecule has 5 heteroatoms. The number of fused-ring (bicyclic) bond motifs is 1. The van der Waals surface area contributed by atoms with Crippen molar-refractivity contribution in [1.29, 1.82) is 0 Å². The van der Waals surface area contributed by atoms with E-state index < -0.39 is 5.92 Å². The molecule has 76 valence electrons. The predicted molar refractivity (Wildman–Crippen MR) is 50.1 cm³/mol. The fourth-order valence-electron chi connectivity index (χ4n) is 1.71. The third-order valence-electron chi connectivity index (χ3n) is 2.39. The van der Waals surface area contributed by atoms with Crippen molar-refractivity contribution in [2.45, 2.75) is 25.4 Å². The van der Waals surface area contributed by atoms with Gasteiger partial charge in [0.05, 0.1) is 6.61 Å². The number of aliphatic hydroxyl groups excluding tert-OH is 1. The summed E-state index contributed by atoms with van der Waals surface area (Å²) in [5.41, 5.74) is 0.857. The van der Waals surface area contributed by atoms with E-state index >= 15 is 0 Å². The van der Waals surface area contributed by atoms with Crippen molar-refractivity contribution >= 4 is 15.9 Å². The van der Waals surface area contributed by atoms with Crippen molar-refractivity contribution in [3.05, 3.63) is 27.5 Å². The molecule has 2 nitrogen and oxygen atoms in total. The molecule has 1 heterocycles. The van der Waals surface area contributed by atoms with Crippen LogP contribution < -0.4 is 0 Å². The fourth-order valence-corrected chi connectivity index (χ4v) is 2.17. The van der Waals surface area contributed by atoms with E-state index in [1.54, 1.807) is 6.07 Å². The van der Waals surface area contributed by atoms with E-state index in [0.29, 0.717) is 22.2 Å². The minimum Gasteiger partial charge on any atom is -0.392 e. The lowest BCUT2D eigenvalue weighted by molar-refractivity contribution is -0.00607. The Labute approximate surface area is 88.1 Å². The number of aliphatic hydroxyl groups is 1.